The Balaban J connectivity index is 1.83. The molecular formula is C15H29N. The average molecular weight is 223 g/mol. The summed E-state index contributed by atoms with van der Waals surface area (Å²) in [5.74, 6) is 3.05. The highest BCUT2D eigenvalue weighted by atomic mass is 15.2. The topological polar surface area (TPSA) is 3.24 Å². The Morgan fingerprint density at radius 1 is 1.00 bits per heavy atom. The van der Waals surface area contributed by atoms with E-state index in [0.717, 1.165) is 17.8 Å². The van der Waals surface area contributed by atoms with Gasteiger partial charge in [0.2, 0.25) is 0 Å². The number of nitrogens with zero attached hydrogens (tertiary/aromatic N) is 1. The van der Waals surface area contributed by atoms with E-state index in [1.165, 1.54) is 26.1 Å². The zero-order valence-electron chi connectivity index (χ0n) is 12.0. The van der Waals surface area contributed by atoms with Gasteiger partial charge in [0.15, 0.2) is 0 Å². The van der Waals surface area contributed by atoms with Crippen molar-refractivity contribution in [2.24, 2.45) is 28.6 Å². The first-order valence-corrected chi connectivity index (χ1v) is 6.97. The molecule has 1 saturated heterocycles. The summed E-state index contributed by atoms with van der Waals surface area (Å²) < 4.78 is 0. The molecule has 3 atom stereocenters. The van der Waals surface area contributed by atoms with Crippen LogP contribution in [0.2, 0.25) is 0 Å². The largest absolute Gasteiger partial charge is 0.302 e. The maximum Gasteiger partial charge on any atom is 0.00328 e. The van der Waals surface area contributed by atoms with Gasteiger partial charge in [-0.1, -0.05) is 41.5 Å². The third kappa shape index (κ3) is 2.30. The Labute approximate surface area is 102 Å². The van der Waals surface area contributed by atoms with Gasteiger partial charge in [-0.15, -0.1) is 0 Å². The summed E-state index contributed by atoms with van der Waals surface area (Å²) in [6.45, 7) is 18.4. The summed E-state index contributed by atoms with van der Waals surface area (Å²) >= 11 is 0. The van der Waals surface area contributed by atoms with Crippen molar-refractivity contribution in [3.05, 3.63) is 0 Å². The number of fused-ring (bicyclic) bond motifs is 1. The van der Waals surface area contributed by atoms with Crippen molar-refractivity contribution in [3.8, 4) is 0 Å². The van der Waals surface area contributed by atoms with Gasteiger partial charge < -0.3 is 4.90 Å². The van der Waals surface area contributed by atoms with Crippen molar-refractivity contribution in [2.45, 2.75) is 48.0 Å². The Morgan fingerprint density at radius 3 is 1.88 bits per heavy atom. The predicted molar refractivity (Wildman–Crippen MR) is 70.4 cm³/mol. The number of likely N-dealkylation sites (tertiary alicyclic amines) is 1. The van der Waals surface area contributed by atoms with E-state index in [4.69, 9.17) is 0 Å². The molecule has 94 valence electrons. The van der Waals surface area contributed by atoms with Gasteiger partial charge in [-0.2, -0.15) is 0 Å². The Morgan fingerprint density at radius 2 is 1.50 bits per heavy atom. The molecule has 0 amide bonds. The van der Waals surface area contributed by atoms with Crippen LogP contribution in [0.25, 0.3) is 0 Å². The summed E-state index contributed by atoms with van der Waals surface area (Å²) in [7, 11) is 0. The highest BCUT2D eigenvalue weighted by Crippen LogP contribution is 2.59. The van der Waals surface area contributed by atoms with E-state index < -0.39 is 0 Å². The lowest BCUT2D eigenvalue weighted by Crippen LogP contribution is -2.35. The minimum atomic E-state index is 0.508. The Kier molecular flexibility index (Phi) is 2.89. The summed E-state index contributed by atoms with van der Waals surface area (Å²) in [5.41, 5.74) is 1.05. The highest BCUT2D eigenvalue weighted by molar-refractivity contribution is 5.09. The van der Waals surface area contributed by atoms with Crippen molar-refractivity contribution >= 4 is 0 Å². The molecule has 0 aromatic heterocycles. The van der Waals surface area contributed by atoms with Gasteiger partial charge in [0.1, 0.15) is 0 Å². The molecule has 2 rings (SSSR count). The molecule has 16 heavy (non-hydrogen) atoms. The van der Waals surface area contributed by atoms with Gasteiger partial charge in [0.05, 0.1) is 0 Å². The molecule has 0 radical (unpaired) electrons. The van der Waals surface area contributed by atoms with Crippen molar-refractivity contribution in [1.29, 1.82) is 0 Å². The fourth-order valence-electron chi connectivity index (χ4n) is 3.74. The highest BCUT2D eigenvalue weighted by Gasteiger charge is 2.59. The van der Waals surface area contributed by atoms with Crippen LogP contribution in [0, 0.1) is 28.6 Å². The van der Waals surface area contributed by atoms with E-state index in [1.807, 2.05) is 0 Å². The Hall–Kier alpha value is -0.0400. The van der Waals surface area contributed by atoms with Crippen LogP contribution in [0.15, 0.2) is 0 Å². The molecule has 1 heteroatoms. The lowest BCUT2D eigenvalue weighted by molar-refractivity contribution is 0.162. The van der Waals surface area contributed by atoms with E-state index in [2.05, 4.69) is 46.4 Å². The van der Waals surface area contributed by atoms with Gasteiger partial charge >= 0.3 is 0 Å². The molecule has 0 N–H and O–H groups in total. The number of hydrogen-bond donors (Lipinski definition) is 0. The fourth-order valence-corrected chi connectivity index (χ4v) is 3.74. The Bertz CT molecular complexity index is 249. The molecule has 1 heterocycles. The van der Waals surface area contributed by atoms with Crippen LogP contribution >= 0.6 is 0 Å². The molecule has 0 aromatic carbocycles. The normalized spacial score (nSPS) is 35.2. The van der Waals surface area contributed by atoms with Crippen molar-refractivity contribution < 1.29 is 0 Å². The van der Waals surface area contributed by atoms with Gasteiger partial charge in [-0.3, -0.25) is 0 Å². The van der Waals surface area contributed by atoms with Crippen LogP contribution in [0.4, 0.5) is 0 Å². The minimum Gasteiger partial charge on any atom is -0.302 e. The molecule has 1 saturated carbocycles. The van der Waals surface area contributed by atoms with Gasteiger partial charge in [0, 0.05) is 19.6 Å². The number of rotatable bonds is 3. The molecule has 1 aliphatic heterocycles. The molecule has 1 nitrogen and oxygen atoms in total. The number of hydrogen-bond acceptors (Lipinski definition) is 1. The molecule has 1 aliphatic carbocycles. The molecular weight excluding hydrogens is 194 g/mol. The van der Waals surface area contributed by atoms with E-state index >= 15 is 0 Å². The minimum absolute atomic E-state index is 0.508. The zero-order chi connectivity index (χ0) is 12.1. The quantitative estimate of drug-likeness (QED) is 0.706. The van der Waals surface area contributed by atoms with Crippen molar-refractivity contribution in [1.82, 2.24) is 4.90 Å². The predicted octanol–water partition coefficient (Wildman–Crippen LogP) is 3.65. The van der Waals surface area contributed by atoms with Crippen LogP contribution in [0.5, 0.6) is 0 Å². The molecule has 2 unspecified atom stereocenters. The molecule has 2 fully saturated rings. The van der Waals surface area contributed by atoms with Crippen molar-refractivity contribution in [2.75, 3.05) is 19.6 Å². The molecule has 2 aliphatic rings. The standard InChI is InChI=1S/C15H29N/c1-7-15(5,6)10-16-8-11-12(9-16)13(11)14(2,3)4/h11-13H,7-10H2,1-6H3/t11-,12?,13?/m1/s1. The number of piperidine rings is 1. The molecule has 0 aromatic rings. The van der Waals surface area contributed by atoms with Gasteiger partial charge in [-0.05, 0) is 35.0 Å². The zero-order valence-corrected chi connectivity index (χ0v) is 12.0. The lowest BCUT2D eigenvalue weighted by Gasteiger charge is -2.32. The van der Waals surface area contributed by atoms with Crippen LogP contribution in [0.1, 0.15) is 48.0 Å². The van der Waals surface area contributed by atoms with Gasteiger partial charge in [0.25, 0.3) is 0 Å². The van der Waals surface area contributed by atoms with Crippen molar-refractivity contribution in [3.63, 3.8) is 0 Å². The summed E-state index contributed by atoms with van der Waals surface area (Å²) in [4.78, 5) is 2.71. The third-order valence-corrected chi connectivity index (χ3v) is 4.88. The fraction of sp³-hybridized carbons (Fsp3) is 1.00. The monoisotopic (exact) mass is 223 g/mol. The molecule has 0 spiro atoms. The SMILES string of the molecule is CCC(C)(C)CN1CC2C(C(C)(C)C)[C@@H]2C1. The molecule has 0 bridgehead atoms. The average Bonchev–Trinajstić information content (AvgIpc) is 2.65. The van der Waals surface area contributed by atoms with Crippen LogP contribution < -0.4 is 0 Å². The van der Waals surface area contributed by atoms with Crippen LogP contribution in [-0.2, 0) is 0 Å². The smallest absolute Gasteiger partial charge is 0.00328 e. The first kappa shape index (κ1) is 12.4. The lowest BCUT2D eigenvalue weighted by atomic mass is 9.86. The second-order valence-corrected chi connectivity index (χ2v) is 7.93. The third-order valence-electron chi connectivity index (χ3n) is 4.88. The first-order chi connectivity index (χ1) is 7.24. The van der Waals surface area contributed by atoms with Crippen LogP contribution in [0.3, 0.4) is 0 Å². The maximum absolute atomic E-state index is 2.71. The summed E-state index contributed by atoms with van der Waals surface area (Å²) in [6, 6.07) is 0. The van der Waals surface area contributed by atoms with E-state index in [-0.39, 0.29) is 0 Å². The first-order valence-electron chi connectivity index (χ1n) is 6.97. The van der Waals surface area contributed by atoms with Crippen LogP contribution in [-0.4, -0.2) is 24.5 Å². The van der Waals surface area contributed by atoms with E-state index in [0.29, 0.717) is 10.8 Å². The van der Waals surface area contributed by atoms with Gasteiger partial charge in [-0.25, -0.2) is 0 Å². The maximum atomic E-state index is 2.71. The van der Waals surface area contributed by atoms with E-state index in [1.54, 1.807) is 0 Å². The summed E-state index contributed by atoms with van der Waals surface area (Å²) in [5, 5.41) is 0. The second-order valence-electron chi connectivity index (χ2n) is 7.93. The van der Waals surface area contributed by atoms with E-state index in [9.17, 15) is 0 Å². The second kappa shape index (κ2) is 3.73. The summed E-state index contributed by atoms with van der Waals surface area (Å²) in [6.07, 6.45) is 1.29.